The average Bonchev–Trinajstić information content (AvgIpc) is 3.12. The third kappa shape index (κ3) is 7.01. The van der Waals surface area contributed by atoms with Crippen LogP contribution in [0.5, 0.6) is 0 Å². The van der Waals surface area contributed by atoms with E-state index in [4.69, 9.17) is 0 Å². The maximum atomic E-state index is 11.9. The number of thiophene rings is 1. The van der Waals surface area contributed by atoms with Crippen LogP contribution in [0, 0.1) is 5.92 Å². The lowest BCUT2D eigenvalue weighted by atomic mass is 10.1. The number of hydrogen-bond donors (Lipinski definition) is 2. The summed E-state index contributed by atoms with van der Waals surface area (Å²) >= 11 is 1.43. The van der Waals surface area contributed by atoms with E-state index in [1.54, 1.807) is 6.07 Å². The summed E-state index contributed by atoms with van der Waals surface area (Å²) in [5.74, 6) is 0.497. The molecule has 5 nitrogen and oxygen atoms in total. The first-order valence-electron chi connectivity index (χ1n) is 8.96. The number of carbonyl (C=O) groups excluding carboxylic acids is 2. The van der Waals surface area contributed by atoms with Gasteiger partial charge in [-0.15, -0.1) is 11.3 Å². The van der Waals surface area contributed by atoms with Crippen LogP contribution >= 0.6 is 11.3 Å². The summed E-state index contributed by atoms with van der Waals surface area (Å²) in [6, 6.07) is 3.66. The third-order valence-corrected chi connectivity index (χ3v) is 5.15. The Hall–Kier alpha value is -1.40. The van der Waals surface area contributed by atoms with E-state index in [2.05, 4.69) is 22.5 Å². The molecule has 24 heavy (non-hydrogen) atoms. The Morgan fingerprint density at radius 1 is 1.25 bits per heavy atom. The van der Waals surface area contributed by atoms with Gasteiger partial charge in [0.1, 0.15) is 0 Å². The van der Waals surface area contributed by atoms with Crippen LogP contribution < -0.4 is 10.6 Å². The first-order valence-corrected chi connectivity index (χ1v) is 9.84. The molecule has 1 aromatic rings. The van der Waals surface area contributed by atoms with Gasteiger partial charge >= 0.3 is 0 Å². The van der Waals surface area contributed by atoms with Gasteiger partial charge in [-0.3, -0.25) is 9.59 Å². The van der Waals surface area contributed by atoms with Crippen molar-refractivity contribution in [2.24, 2.45) is 5.92 Å². The molecule has 1 fully saturated rings. The van der Waals surface area contributed by atoms with Gasteiger partial charge in [-0.25, -0.2) is 0 Å². The van der Waals surface area contributed by atoms with Crippen molar-refractivity contribution in [3.05, 3.63) is 22.4 Å². The highest BCUT2D eigenvalue weighted by Gasteiger charge is 2.14. The fraction of sp³-hybridized carbons (Fsp3) is 0.667. The Bertz CT molecular complexity index is 498. The fourth-order valence-corrected chi connectivity index (χ4v) is 3.61. The van der Waals surface area contributed by atoms with Gasteiger partial charge in [0, 0.05) is 26.1 Å². The third-order valence-electron chi connectivity index (χ3n) is 4.28. The van der Waals surface area contributed by atoms with Gasteiger partial charge in [-0.1, -0.05) is 19.4 Å². The van der Waals surface area contributed by atoms with Crippen LogP contribution in [0.4, 0.5) is 0 Å². The summed E-state index contributed by atoms with van der Waals surface area (Å²) in [5, 5.41) is 7.74. The number of nitrogens with one attached hydrogen (secondary N) is 2. The second-order valence-electron chi connectivity index (χ2n) is 6.61. The van der Waals surface area contributed by atoms with Crippen molar-refractivity contribution in [1.82, 2.24) is 15.5 Å². The first kappa shape index (κ1) is 18.9. The van der Waals surface area contributed by atoms with Gasteiger partial charge in [-0.05, 0) is 49.7 Å². The van der Waals surface area contributed by atoms with E-state index in [-0.39, 0.29) is 11.8 Å². The molecule has 2 N–H and O–H groups in total. The molecule has 0 aliphatic carbocycles. The number of piperidine rings is 1. The van der Waals surface area contributed by atoms with Crippen LogP contribution in [-0.2, 0) is 4.79 Å². The Labute approximate surface area is 148 Å². The minimum atomic E-state index is -0.0550. The van der Waals surface area contributed by atoms with Crippen molar-refractivity contribution in [3.63, 3.8) is 0 Å². The number of nitrogens with zero attached hydrogens (tertiary/aromatic N) is 1. The van der Waals surface area contributed by atoms with Crippen LogP contribution in [0.2, 0.25) is 0 Å². The smallest absolute Gasteiger partial charge is 0.261 e. The lowest BCUT2D eigenvalue weighted by Crippen LogP contribution is -2.38. The Morgan fingerprint density at radius 3 is 2.75 bits per heavy atom. The van der Waals surface area contributed by atoms with Gasteiger partial charge < -0.3 is 15.5 Å². The summed E-state index contributed by atoms with van der Waals surface area (Å²) in [6.45, 7) is 6.92. The highest BCUT2D eigenvalue weighted by Crippen LogP contribution is 2.10. The van der Waals surface area contributed by atoms with Crippen LogP contribution in [0.3, 0.4) is 0 Å². The normalized spacial score (nSPS) is 16.5. The van der Waals surface area contributed by atoms with E-state index in [1.165, 1.54) is 43.7 Å². The van der Waals surface area contributed by atoms with Crippen LogP contribution in [0.1, 0.15) is 48.7 Å². The van der Waals surface area contributed by atoms with Gasteiger partial charge in [0.05, 0.1) is 4.88 Å². The second kappa shape index (κ2) is 10.5. The molecule has 1 atom stereocenters. The lowest BCUT2D eigenvalue weighted by molar-refractivity contribution is -0.121. The lowest BCUT2D eigenvalue weighted by Gasteiger charge is -2.29. The van der Waals surface area contributed by atoms with Gasteiger partial charge in [0.2, 0.25) is 5.91 Å². The van der Waals surface area contributed by atoms with E-state index in [1.807, 2.05) is 11.4 Å². The number of rotatable bonds is 9. The Morgan fingerprint density at radius 2 is 2.04 bits per heavy atom. The molecule has 0 radical (unpaired) electrons. The molecule has 0 saturated carbocycles. The maximum Gasteiger partial charge on any atom is 0.261 e. The predicted octanol–water partition coefficient (Wildman–Crippen LogP) is 2.50. The number of hydrogen-bond acceptors (Lipinski definition) is 4. The van der Waals surface area contributed by atoms with Gasteiger partial charge in [0.15, 0.2) is 0 Å². The minimum Gasteiger partial charge on any atom is -0.356 e. The van der Waals surface area contributed by atoms with Crippen LogP contribution in [0.15, 0.2) is 17.5 Å². The summed E-state index contributed by atoms with van der Waals surface area (Å²) in [6.07, 6.45) is 5.09. The molecule has 2 rings (SSSR count). The predicted molar refractivity (Wildman–Crippen MR) is 98.4 cm³/mol. The largest absolute Gasteiger partial charge is 0.356 e. The van der Waals surface area contributed by atoms with Crippen molar-refractivity contribution in [2.45, 2.75) is 39.0 Å². The zero-order valence-corrected chi connectivity index (χ0v) is 15.4. The van der Waals surface area contributed by atoms with E-state index in [0.29, 0.717) is 30.2 Å². The molecular formula is C18H29N3O2S. The Kier molecular flexibility index (Phi) is 8.25. The molecule has 2 heterocycles. The van der Waals surface area contributed by atoms with E-state index >= 15 is 0 Å². The molecule has 1 aliphatic heterocycles. The summed E-state index contributed by atoms with van der Waals surface area (Å²) < 4.78 is 0. The van der Waals surface area contributed by atoms with Crippen molar-refractivity contribution in [2.75, 3.05) is 32.7 Å². The Balaban J connectivity index is 1.50. The SMILES string of the molecule is CC(CNC(=O)CCCNC(=O)c1cccs1)CN1CCCCC1. The molecule has 1 unspecified atom stereocenters. The van der Waals surface area contributed by atoms with Crippen LogP contribution in [-0.4, -0.2) is 49.4 Å². The molecule has 0 spiro atoms. The molecule has 0 bridgehead atoms. The maximum absolute atomic E-state index is 11.9. The van der Waals surface area contributed by atoms with E-state index in [0.717, 1.165) is 13.1 Å². The van der Waals surface area contributed by atoms with Gasteiger partial charge in [0.25, 0.3) is 5.91 Å². The molecule has 1 saturated heterocycles. The highest BCUT2D eigenvalue weighted by molar-refractivity contribution is 7.12. The first-order chi connectivity index (χ1) is 11.6. The summed E-state index contributed by atoms with van der Waals surface area (Å²) in [7, 11) is 0. The zero-order chi connectivity index (χ0) is 17.2. The highest BCUT2D eigenvalue weighted by atomic mass is 32.1. The standard InChI is InChI=1S/C18H29N3O2S/c1-15(14-21-10-3-2-4-11-21)13-20-17(22)8-5-9-19-18(23)16-7-6-12-24-16/h6-7,12,15H,2-5,8-11,13-14H2,1H3,(H,19,23)(H,20,22). The quantitative estimate of drug-likeness (QED) is 0.672. The second-order valence-corrected chi connectivity index (χ2v) is 7.55. The minimum absolute atomic E-state index is 0.0550. The molecule has 2 amide bonds. The molecule has 134 valence electrons. The number of carbonyl (C=O) groups is 2. The molecular weight excluding hydrogens is 322 g/mol. The number of likely N-dealkylation sites (tertiary alicyclic amines) is 1. The van der Waals surface area contributed by atoms with Crippen LogP contribution in [0.25, 0.3) is 0 Å². The molecule has 1 aliphatic rings. The van der Waals surface area contributed by atoms with Gasteiger partial charge in [-0.2, -0.15) is 0 Å². The number of amides is 2. The molecule has 6 heteroatoms. The topological polar surface area (TPSA) is 61.4 Å². The molecule has 1 aromatic heterocycles. The summed E-state index contributed by atoms with van der Waals surface area (Å²) in [4.78, 5) is 26.8. The van der Waals surface area contributed by atoms with E-state index in [9.17, 15) is 9.59 Å². The zero-order valence-electron chi connectivity index (χ0n) is 14.6. The van der Waals surface area contributed by atoms with E-state index < -0.39 is 0 Å². The monoisotopic (exact) mass is 351 g/mol. The van der Waals surface area contributed by atoms with Crippen molar-refractivity contribution in [1.29, 1.82) is 0 Å². The fourth-order valence-electron chi connectivity index (χ4n) is 2.97. The average molecular weight is 352 g/mol. The van der Waals surface area contributed by atoms with Crippen molar-refractivity contribution >= 4 is 23.2 Å². The van der Waals surface area contributed by atoms with Crippen molar-refractivity contribution < 1.29 is 9.59 Å². The van der Waals surface area contributed by atoms with Crippen molar-refractivity contribution in [3.8, 4) is 0 Å². The molecule has 0 aromatic carbocycles. The summed E-state index contributed by atoms with van der Waals surface area (Å²) in [5.41, 5.74) is 0.